The number of rotatable bonds is 6. The highest BCUT2D eigenvalue weighted by atomic mass is 16.5. The van der Waals surface area contributed by atoms with Gasteiger partial charge in [-0.3, -0.25) is 4.79 Å². The third-order valence-electron chi connectivity index (χ3n) is 4.41. The van der Waals surface area contributed by atoms with Gasteiger partial charge in [-0.1, -0.05) is 42.5 Å². The molecule has 0 saturated heterocycles. The molecule has 0 radical (unpaired) electrons. The van der Waals surface area contributed by atoms with E-state index in [1.807, 2.05) is 61.5 Å². The van der Waals surface area contributed by atoms with Gasteiger partial charge < -0.3 is 9.30 Å². The number of hydrazone groups is 1. The number of amides is 1. The van der Waals surface area contributed by atoms with Crippen LogP contribution in [0.1, 0.15) is 17.0 Å². The monoisotopic (exact) mass is 372 g/mol. The Balaban J connectivity index is 1.51. The fourth-order valence-corrected chi connectivity index (χ4v) is 2.69. The number of hydrogen-bond donors (Lipinski definition) is 1. The Kier molecular flexibility index (Phi) is 5.87. The fourth-order valence-electron chi connectivity index (χ4n) is 2.69. The molecule has 0 spiro atoms. The van der Waals surface area contributed by atoms with E-state index >= 15 is 0 Å². The van der Waals surface area contributed by atoms with Crippen LogP contribution in [-0.2, 0) is 11.8 Å². The molecule has 0 unspecified atom stereocenters. The van der Waals surface area contributed by atoms with Gasteiger partial charge in [0.15, 0.2) is 6.61 Å². The standard InChI is InChI=1S/C22H20N4O2/c1-16-19(12-20(13-23)26(16)2)14-24-25-22(27)15-28-21-10-8-18(9-11-21)17-6-4-3-5-7-17/h3-12,14H,15H2,1-2H3,(H,25,27). The van der Waals surface area contributed by atoms with Crippen molar-refractivity contribution >= 4 is 12.1 Å². The average Bonchev–Trinajstić information content (AvgIpc) is 3.01. The van der Waals surface area contributed by atoms with E-state index in [0.717, 1.165) is 22.4 Å². The molecule has 6 heteroatoms. The number of aromatic nitrogens is 1. The maximum atomic E-state index is 11.9. The predicted octanol–water partition coefficient (Wildman–Crippen LogP) is 3.40. The van der Waals surface area contributed by atoms with E-state index in [4.69, 9.17) is 10.00 Å². The molecule has 140 valence electrons. The third-order valence-corrected chi connectivity index (χ3v) is 4.41. The van der Waals surface area contributed by atoms with Crippen LogP contribution in [0.15, 0.2) is 65.8 Å². The van der Waals surface area contributed by atoms with Crippen LogP contribution >= 0.6 is 0 Å². The molecule has 1 heterocycles. The minimum Gasteiger partial charge on any atom is -0.484 e. The number of carbonyl (C=O) groups excluding carboxylic acids is 1. The molecule has 28 heavy (non-hydrogen) atoms. The van der Waals surface area contributed by atoms with Crippen LogP contribution in [0.4, 0.5) is 0 Å². The highest BCUT2D eigenvalue weighted by Crippen LogP contribution is 2.21. The zero-order valence-corrected chi connectivity index (χ0v) is 15.7. The Morgan fingerprint density at radius 3 is 2.50 bits per heavy atom. The molecule has 0 saturated carbocycles. The highest BCUT2D eigenvalue weighted by molar-refractivity contribution is 5.84. The molecule has 1 amide bonds. The topological polar surface area (TPSA) is 79.4 Å². The van der Waals surface area contributed by atoms with Crippen molar-refractivity contribution in [1.82, 2.24) is 9.99 Å². The second-order valence-electron chi connectivity index (χ2n) is 6.21. The van der Waals surface area contributed by atoms with Crippen LogP contribution < -0.4 is 10.2 Å². The average molecular weight is 372 g/mol. The summed E-state index contributed by atoms with van der Waals surface area (Å²) >= 11 is 0. The third kappa shape index (κ3) is 4.46. The van der Waals surface area contributed by atoms with Crippen molar-refractivity contribution in [3.8, 4) is 22.9 Å². The smallest absolute Gasteiger partial charge is 0.277 e. The maximum Gasteiger partial charge on any atom is 0.277 e. The van der Waals surface area contributed by atoms with Gasteiger partial charge in [-0.05, 0) is 36.2 Å². The van der Waals surface area contributed by atoms with Crippen LogP contribution in [0, 0.1) is 18.3 Å². The highest BCUT2D eigenvalue weighted by Gasteiger charge is 2.07. The number of benzene rings is 2. The van der Waals surface area contributed by atoms with E-state index in [9.17, 15) is 4.79 Å². The Bertz CT molecular complexity index is 1030. The Labute approximate surface area is 163 Å². The zero-order chi connectivity index (χ0) is 19.9. The first-order valence-corrected chi connectivity index (χ1v) is 8.75. The van der Waals surface area contributed by atoms with E-state index in [1.54, 1.807) is 17.7 Å². The first kappa shape index (κ1) is 18.9. The van der Waals surface area contributed by atoms with Gasteiger partial charge in [-0.25, -0.2) is 5.43 Å². The van der Waals surface area contributed by atoms with E-state index in [0.29, 0.717) is 11.4 Å². The molecule has 1 aromatic heterocycles. The van der Waals surface area contributed by atoms with Crippen molar-refractivity contribution in [2.24, 2.45) is 12.1 Å². The molecular formula is C22H20N4O2. The van der Waals surface area contributed by atoms with E-state index in [-0.39, 0.29) is 12.5 Å². The Morgan fingerprint density at radius 1 is 1.18 bits per heavy atom. The molecule has 6 nitrogen and oxygen atoms in total. The summed E-state index contributed by atoms with van der Waals surface area (Å²) in [5.41, 5.74) is 6.83. The minimum atomic E-state index is -0.363. The van der Waals surface area contributed by atoms with E-state index < -0.39 is 0 Å². The predicted molar refractivity (Wildman–Crippen MR) is 108 cm³/mol. The van der Waals surface area contributed by atoms with Gasteiger partial charge >= 0.3 is 0 Å². The number of nitrogens with zero attached hydrogens (tertiary/aromatic N) is 3. The van der Waals surface area contributed by atoms with Gasteiger partial charge in [-0.2, -0.15) is 10.4 Å². The van der Waals surface area contributed by atoms with Crippen molar-refractivity contribution in [3.63, 3.8) is 0 Å². The summed E-state index contributed by atoms with van der Waals surface area (Å²) in [6.07, 6.45) is 1.52. The maximum absolute atomic E-state index is 11.9. The molecule has 0 atom stereocenters. The lowest BCUT2D eigenvalue weighted by Crippen LogP contribution is -2.24. The molecule has 1 N–H and O–H groups in total. The largest absolute Gasteiger partial charge is 0.484 e. The van der Waals surface area contributed by atoms with Crippen molar-refractivity contribution in [2.75, 3.05) is 6.61 Å². The lowest BCUT2D eigenvalue weighted by molar-refractivity contribution is -0.123. The Hall–Kier alpha value is -3.85. The van der Waals surface area contributed by atoms with Gasteiger partial charge in [0.2, 0.25) is 0 Å². The van der Waals surface area contributed by atoms with E-state index in [1.165, 1.54) is 6.21 Å². The first-order valence-electron chi connectivity index (χ1n) is 8.75. The van der Waals surface area contributed by atoms with Crippen LogP contribution in [0.25, 0.3) is 11.1 Å². The summed E-state index contributed by atoms with van der Waals surface area (Å²) in [5.74, 6) is 0.244. The summed E-state index contributed by atoms with van der Waals surface area (Å²) < 4.78 is 7.26. The lowest BCUT2D eigenvalue weighted by Gasteiger charge is -2.06. The molecule has 0 bridgehead atoms. The summed E-state index contributed by atoms with van der Waals surface area (Å²) in [5, 5.41) is 13.0. The normalized spacial score (nSPS) is 10.6. The molecule has 0 aliphatic rings. The number of nitrogens with one attached hydrogen (secondary N) is 1. The summed E-state index contributed by atoms with van der Waals surface area (Å²) in [4.78, 5) is 11.9. The van der Waals surface area contributed by atoms with Crippen molar-refractivity contribution < 1.29 is 9.53 Å². The summed E-state index contributed by atoms with van der Waals surface area (Å²) in [7, 11) is 1.81. The fraction of sp³-hybridized carbons (Fsp3) is 0.136. The zero-order valence-electron chi connectivity index (χ0n) is 15.7. The minimum absolute atomic E-state index is 0.140. The van der Waals surface area contributed by atoms with Crippen LogP contribution in [0.3, 0.4) is 0 Å². The SMILES string of the molecule is Cc1c(C=NNC(=O)COc2ccc(-c3ccccc3)cc2)cc(C#N)n1C. The number of nitriles is 1. The second-order valence-corrected chi connectivity index (χ2v) is 6.21. The first-order chi connectivity index (χ1) is 13.6. The quantitative estimate of drug-likeness (QED) is 0.532. The van der Waals surface area contributed by atoms with Gasteiger partial charge in [0, 0.05) is 18.3 Å². The lowest BCUT2D eigenvalue weighted by atomic mass is 10.1. The van der Waals surface area contributed by atoms with Gasteiger partial charge in [0.05, 0.1) is 6.21 Å². The van der Waals surface area contributed by atoms with Crippen LogP contribution in [-0.4, -0.2) is 23.3 Å². The van der Waals surface area contributed by atoms with Crippen LogP contribution in [0.5, 0.6) is 5.75 Å². The molecule has 0 aliphatic heterocycles. The second kappa shape index (κ2) is 8.69. The van der Waals surface area contributed by atoms with Gasteiger partial charge in [-0.15, -0.1) is 0 Å². The van der Waals surface area contributed by atoms with Gasteiger partial charge in [0.1, 0.15) is 17.5 Å². The van der Waals surface area contributed by atoms with Gasteiger partial charge in [0.25, 0.3) is 5.91 Å². The Morgan fingerprint density at radius 2 is 1.86 bits per heavy atom. The van der Waals surface area contributed by atoms with Crippen molar-refractivity contribution in [1.29, 1.82) is 5.26 Å². The van der Waals surface area contributed by atoms with Crippen molar-refractivity contribution in [3.05, 3.63) is 77.6 Å². The summed E-state index contributed by atoms with van der Waals surface area (Å²) in [6, 6.07) is 21.4. The van der Waals surface area contributed by atoms with Crippen molar-refractivity contribution in [2.45, 2.75) is 6.92 Å². The molecule has 3 aromatic rings. The molecule has 0 fully saturated rings. The number of ether oxygens (including phenoxy) is 1. The van der Waals surface area contributed by atoms with Crippen LogP contribution in [0.2, 0.25) is 0 Å². The molecular weight excluding hydrogens is 352 g/mol. The van der Waals surface area contributed by atoms with E-state index in [2.05, 4.69) is 16.6 Å². The number of hydrogen-bond acceptors (Lipinski definition) is 4. The number of carbonyl (C=O) groups is 1. The molecule has 3 rings (SSSR count). The molecule has 0 aliphatic carbocycles. The molecule has 2 aromatic carbocycles. The summed E-state index contributed by atoms with van der Waals surface area (Å²) in [6.45, 7) is 1.74.